The molecule has 6 heteroatoms. The SMILES string of the molecule is O=C(O)CC1(CSc2ccc(Cl)nn2)CC1. The lowest BCUT2D eigenvalue weighted by Crippen LogP contribution is -2.11. The molecular formula is C10H11ClN2O2S. The highest BCUT2D eigenvalue weighted by Gasteiger charge is 2.44. The van der Waals surface area contributed by atoms with Crippen LogP contribution >= 0.6 is 23.4 Å². The van der Waals surface area contributed by atoms with E-state index in [4.69, 9.17) is 16.7 Å². The maximum absolute atomic E-state index is 10.7. The first-order chi connectivity index (χ1) is 7.60. The molecular weight excluding hydrogens is 248 g/mol. The van der Waals surface area contributed by atoms with Crippen molar-refractivity contribution < 1.29 is 9.90 Å². The number of rotatable bonds is 5. The molecule has 16 heavy (non-hydrogen) atoms. The number of aromatic nitrogens is 2. The van der Waals surface area contributed by atoms with Gasteiger partial charge in [0.15, 0.2) is 5.15 Å². The van der Waals surface area contributed by atoms with Crippen molar-refractivity contribution in [1.82, 2.24) is 10.2 Å². The highest BCUT2D eigenvalue weighted by molar-refractivity contribution is 7.99. The van der Waals surface area contributed by atoms with E-state index < -0.39 is 5.97 Å². The average molecular weight is 259 g/mol. The number of hydrogen-bond acceptors (Lipinski definition) is 4. The van der Waals surface area contributed by atoms with Gasteiger partial charge in [-0.2, -0.15) is 0 Å². The second-order valence-electron chi connectivity index (χ2n) is 4.05. The van der Waals surface area contributed by atoms with Gasteiger partial charge in [0.2, 0.25) is 0 Å². The van der Waals surface area contributed by atoms with Crippen LogP contribution in [0, 0.1) is 5.41 Å². The van der Waals surface area contributed by atoms with E-state index in [1.54, 1.807) is 23.9 Å². The third kappa shape index (κ3) is 3.09. The van der Waals surface area contributed by atoms with Crippen LogP contribution in [0.15, 0.2) is 17.2 Å². The summed E-state index contributed by atoms with van der Waals surface area (Å²) in [4.78, 5) is 10.7. The highest BCUT2D eigenvalue weighted by atomic mass is 35.5. The molecule has 0 bridgehead atoms. The summed E-state index contributed by atoms with van der Waals surface area (Å²) >= 11 is 7.17. The van der Waals surface area contributed by atoms with E-state index in [9.17, 15) is 4.79 Å². The Bertz CT molecular complexity index is 392. The molecule has 1 aliphatic rings. The molecule has 4 nitrogen and oxygen atoms in total. The molecule has 0 unspecified atom stereocenters. The van der Waals surface area contributed by atoms with Crippen LogP contribution in [0.1, 0.15) is 19.3 Å². The molecule has 1 saturated carbocycles. The highest BCUT2D eigenvalue weighted by Crippen LogP contribution is 2.51. The Kier molecular flexibility index (Phi) is 3.35. The number of hydrogen-bond donors (Lipinski definition) is 1. The topological polar surface area (TPSA) is 63.1 Å². The van der Waals surface area contributed by atoms with Gasteiger partial charge >= 0.3 is 5.97 Å². The molecule has 0 saturated heterocycles. The number of nitrogens with zero attached hydrogens (tertiary/aromatic N) is 2. The molecule has 2 rings (SSSR count). The lowest BCUT2D eigenvalue weighted by molar-refractivity contribution is -0.138. The fourth-order valence-corrected chi connectivity index (χ4v) is 2.69. The first-order valence-electron chi connectivity index (χ1n) is 4.94. The molecule has 0 atom stereocenters. The fraction of sp³-hybridized carbons (Fsp3) is 0.500. The maximum atomic E-state index is 10.7. The van der Waals surface area contributed by atoms with Gasteiger partial charge in [-0.25, -0.2) is 0 Å². The average Bonchev–Trinajstić information content (AvgIpc) is 2.97. The number of halogens is 1. The minimum absolute atomic E-state index is 0.0161. The third-order valence-electron chi connectivity index (χ3n) is 2.62. The molecule has 0 radical (unpaired) electrons. The van der Waals surface area contributed by atoms with Crippen LogP contribution in [0.25, 0.3) is 0 Å². The molecule has 1 fully saturated rings. The van der Waals surface area contributed by atoms with Crippen LogP contribution in [-0.2, 0) is 4.79 Å². The second kappa shape index (κ2) is 4.59. The Hall–Kier alpha value is -0.810. The summed E-state index contributed by atoms with van der Waals surface area (Å²) in [5, 5.41) is 17.6. The molecule has 86 valence electrons. The lowest BCUT2D eigenvalue weighted by atomic mass is 10.1. The van der Waals surface area contributed by atoms with Gasteiger partial charge in [-0.3, -0.25) is 4.79 Å². The summed E-state index contributed by atoms with van der Waals surface area (Å²) in [6.45, 7) is 0. The molecule has 0 aliphatic heterocycles. The normalized spacial score (nSPS) is 17.1. The van der Waals surface area contributed by atoms with Gasteiger partial charge in [0.1, 0.15) is 5.03 Å². The number of thioether (sulfide) groups is 1. The number of aliphatic carboxylic acids is 1. The Labute approximate surface area is 102 Å². The smallest absolute Gasteiger partial charge is 0.303 e. The standard InChI is InChI=1S/C10H11ClN2O2S/c11-7-1-2-8(13-12-7)16-6-10(3-4-10)5-9(14)15/h1-2H,3-6H2,(H,14,15). The zero-order valence-corrected chi connectivity index (χ0v) is 10.1. The van der Waals surface area contributed by atoms with Crippen molar-refractivity contribution in [3.8, 4) is 0 Å². The van der Waals surface area contributed by atoms with Gasteiger partial charge in [-0.05, 0) is 30.4 Å². The summed E-state index contributed by atoms with van der Waals surface area (Å²) in [5.74, 6) is 0.0654. The van der Waals surface area contributed by atoms with Crippen molar-refractivity contribution in [2.24, 2.45) is 5.41 Å². The predicted molar refractivity (Wildman–Crippen MR) is 61.7 cm³/mol. The van der Waals surface area contributed by atoms with E-state index in [0.29, 0.717) is 5.15 Å². The van der Waals surface area contributed by atoms with Gasteiger partial charge < -0.3 is 5.11 Å². The van der Waals surface area contributed by atoms with Crippen LogP contribution in [0.2, 0.25) is 5.15 Å². The number of carboxylic acid groups (broad SMARTS) is 1. The monoisotopic (exact) mass is 258 g/mol. The van der Waals surface area contributed by atoms with Crippen LogP contribution in [-0.4, -0.2) is 27.0 Å². The molecule has 0 amide bonds. The van der Waals surface area contributed by atoms with Crippen LogP contribution in [0.3, 0.4) is 0 Å². The quantitative estimate of drug-likeness (QED) is 0.822. The van der Waals surface area contributed by atoms with Crippen LogP contribution in [0.5, 0.6) is 0 Å². The second-order valence-corrected chi connectivity index (χ2v) is 5.44. The largest absolute Gasteiger partial charge is 0.481 e. The van der Waals surface area contributed by atoms with Crippen molar-refractivity contribution in [2.75, 3.05) is 5.75 Å². The Morgan fingerprint density at radius 1 is 1.50 bits per heavy atom. The molecule has 1 aromatic heterocycles. The van der Waals surface area contributed by atoms with Crippen molar-refractivity contribution in [1.29, 1.82) is 0 Å². The van der Waals surface area contributed by atoms with Gasteiger partial charge in [0.25, 0.3) is 0 Å². The van der Waals surface area contributed by atoms with Gasteiger partial charge in [-0.1, -0.05) is 11.6 Å². The third-order valence-corrected chi connectivity index (χ3v) is 4.09. The van der Waals surface area contributed by atoms with E-state index in [2.05, 4.69) is 10.2 Å². The zero-order chi connectivity index (χ0) is 11.6. The van der Waals surface area contributed by atoms with Gasteiger partial charge in [0, 0.05) is 5.75 Å². The first kappa shape index (κ1) is 11.7. The van der Waals surface area contributed by atoms with E-state index in [1.807, 2.05) is 0 Å². The van der Waals surface area contributed by atoms with E-state index in [-0.39, 0.29) is 11.8 Å². The first-order valence-corrected chi connectivity index (χ1v) is 6.30. The summed E-state index contributed by atoms with van der Waals surface area (Å²) < 4.78 is 0. The molecule has 1 aromatic rings. The van der Waals surface area contributed by atoms with Crippen LogP contribution < -0.4 is 0 Å². The number of carboxylic acids is 1. The van der Waals surface area contributed by atoms with Crippen molar-refractivity contribution in [3.05, 3.63) is 17.3 Å². The summed E-state index contributed by atoms with van der Waals surface area (Å²) in [6.07, 6.45) is 2.24. The van der Waals surface area contributed by atoms with Crippen molar-refractivity contribution in [2.45, 2.75) is 24.3 Å². The van der Waals surface area contributed by atoms with Gasteiger partial charge in [0.05, 0.1) is 6.42 Å². The van der Waals surface area contributed by atoms with Gasteiger partial charge in [-0.15, -0.1) is 22.0 Å². The van der Waals surface area contributed by atoms with Crippen LogP contribution in [0.4, 0.5) is 0 Å². The van der Waals surface area contributed by atoms with Crippen molar-refractivity contribution >= 4 is 29.3 Å². The minimum Gasteiger partial charge on any atom is -0.481 e. The van der Waals surface area contributed by atoms with E-state index >= 15 is 0 Å². The Morgan fingerprint density at radius 3 is 2.75 bits per heavy atom. The van der Waals surface area contributed by atoms with Crippen molar-refractivity contribution in [3.63, 3.8) is 0 Å². The van der Waals surface area contributed by atoms with E-state index in [0.717, 1.165) is 23.6 Å². The molecule has 0 spiro atoms. The lowest BCUT2D eigenvalue weighted by Gasteiger charge is -2.10. The summed E-state index contributed by atoms with van der Waals surface area (Å²) in [5.41, 5.74) is -0.0161. The molecule has 0 aromatic carbocycles. The minimum atomic E-state index is -0.722. The van der Waals surface area contributed by atoms with E-state index in [1.165, 1.54) is 0 Å². The molecule has 1 aliphatic carbocycles. The zero-order valence-electron chi connectivity index (χ0n) is 8.52. The number of carbonyl (C=O) groups is 1. The maximum Gasteiger partial charge on any atom is 0.303 e. The summed E-state index contributed by atoms with van der Waals surface area (Å²) in [7, 11) is 0. The fourth-order valence-electron chi connectivity index (χ4n) is 1.48. The molecule has 1 heterocycles. The Balaban J connectivity index is 1.87. The Morgan fingerprint density at radius 2 is 2.25 bits per heavy atom. The molecule has 1 N–H and O–H groups in total. The summed E-state index contributed by atoms with van der Waals surface area (Å²) in [6, 6.07) is 3.49. The predicted octanol–water partition coefficient (Wildman–Crippen LogP) is 2.48.